The van der Waals surface area contributed by atoms with Gasteiger partial charge in [0, 0.05) is 0 Å². The summed E-state index contributed by atoms with van der Waals surface area (Å²) < 4.78 is 0. The van der Waals surface area contributed by atoms with Crippen LogP contribution in [0.25, 0.3) is 0 Å². The Morgan fingerprint density at radius 1 is 0.967 bits per heavy atom. The van der Waals surface area contributed by atoms with E-state index in [9.17, 15) is 5.11 Å². The Balaban J connectivity index is 1.45. The van der Waals surface area contributed by atoms with Gasteiger partial charge in [0.15, 0.2) is 0 Å². The summed E-state index contributed by atoms with van der Waals surface area (Å²) in [6.45, 7) is 16.7. The molecule has 0 aliphatic heterocycles. The summed E-state index contributed by atoms with van der Waals surface area (Å²) >= 11 is 0. The van der Waals surface area contributed by atoms with E-state index in [4.69, 9.17) is 0 Å². The third kappa shape index (κ3) is 3.74. The minimum atomic E-state index is -0.0173. The molecular weight excluding hydrogens is 364 g/mol. The molecule has 0 saturated heterocycles. The smallest absolute Gasteiger partial charge is 0.0543 e. The third-order valence-corrected chi connectivity index (χ3v) is 11.6. The molecule has 4 rings (SSSR count). The molecule has 0 aromatic carbocycles. The third-order valence-electron chi connectivity index (χ3n) is 11.6. The molecular formula is C29H50O. The topological polar surface area (TPSA) is 20.2 Å². The largest absolute Gasteiger partial charge is 0.393 e. The highest BCUT2D eigenvalue weighted by atomic mass is 16.3. The first kappa shape index (κ1) is 22.9. The van der Waals surface area contributed by atoms with Crippen LogP contribution >= 0.6 is 0 Å². The average molecular weight is 415 g/mol. The molecule has 0 aromatic rings. The predicted octanol–water partition coefficient (Wildman–Crippen LogP) is 8.02. The van der Waals surface area contributed by atoms with Crippen LogP contribution in [0.4, 0.5) is 0 Å². The van der Waals surface area contributed by atoms with Gasteiger partial charge in [0.05, 0.1) is 6.10 Å². The molecule has 0 heterocycles. The number of allylic oxidation sites excluding steroid dienone is 1. The Morgan fingerprint density at radius 3 is 2.37 bits per heavy atom. The number of fused-ring (bicyclic) bond motifs is 5. The Hall–Kier alpha value is -0.300. The van der Waals surface area contributed by atoms with E-state index in [0.717, 1.165) is 54.3 Å². The Labute approximate surface area is 187 Å². The van der Waals surface area contributed by atoms with Crippen LogP contribution in [0.3, 0.4) is 0 Å². The molecule has 4 saturated carbocycles. The monoisotopic (exact) mass is 414 g/mol. The van der Waals surface area contributed by atoms with Crippen molar-refractivity contribution in [3.8, 4) is 0 Å². The lowest BCUT2D eigenvalue weighted by Crippen LogP contribution is -2.54. The highest BCUT2D eigenvalue weighted by Gasteiger charge is 2.60. The van der Waals surface area contributed by atoms with E-state index in [-0.39, 0.29) is 6.10 Å². The second-order valence-electron chi connectivity index (χ2n) is 12.8. The van der Waals surface area contributed by atoms with Gasteiger partial charge in [0.25, 0.3) is 0 Å². The van der Waals surface area contributed by atoms with Crippen molar-refractivity contribution in [1.29, 1.82) is 0 Å². The van der Waals surface area contributed by atoms with Gasteiger partial charge < -0.3 is 5.11 Å². The van der Waals surface area contributed by atoms with E-state index < -0.39 is 0 Å². The maximum absolute atomic E-state index is 10.3. The van der Waals surface area contributed by atoms with Crippen LogP contribution in [-0.4, -0.2) is 11.2 Å². The van der Waals surface area contributed by atoms with Gasteiger partial charge in [-0.2, -0.15) is 0 Å². The summed E-state index contributed by atoms with van der Waals surface area (Å²) in [7, 11) is 0. The summed E-state index contributed by atoms with van der Waals surface area (Å²) in [6.07, 6.45) is 16.1. The number of hydrogen-bond acceptors (Lipinski definition) is 1. The molecule has 0 amide bonds. The first-order chi connectivity index (χ1) is 14.2. The number of rotatable bonds is 6. The fraction of sp³-hybridized carbons (Fsp3) is 0.931. The first-order valence-corrected chi connectivity index (χ1v) is 13.5. The second kappa shape index (κ2) is 8.57. The highest BCUT2D eigenvalue weighted by molar-refractivity contribution is 5.09. The lowest BCUT2D eigenvalue weighted by Gasteiger charge is -2.61. The average Bonchev–Trinajstić information content (AvgIpc) is 3.06. The van der Waals surface area contributed by atoms with Crippen LogP contribution in [0.1, 0.15) is 112 Å². The maximum atomic E-state index is 10.3. The van der Waals surface area contributed by atoms with Crippen molar-refractivity contribution >= 4 is 0 Å². The Bertz CT molecular complexity index is 624. The molecule has 0 aromatic heterocycles. The molecule has 1 nitrogen and oxygen atoms in total. The lowest BCUT2D eigenvalue weighted by atomic mass is 9.44. The van der Waals surface area contributed by atoms with Crippen LogP contribution < -0.4 is 0 Å². The molecule has 1 unspecified atom stereocenters. The van der Waals surface area contributed by atoms with Crippen LogP contribution in [0, 0.1) is 52.3 Å². The Kier molecular flexibility index (Phi) is 6.53. The van der Waals surface area contributed by atoms with Crippen LogP contribution in [0.5, 0.6) is 0 Å². The lowest BCUT2D eigenvalue weighted by molar-refractivity contribution is -0.129. The van der Waals surface area contributed by atoms with Gasteiger partial charge in [-0.15, -0.1) is 0 Å². The molecule has 4 aliphatic carbocycles. The molecule has 0 bridgehead atoms. The zero-order valence-electron chi connectivity index (χ0n) is 20.8. The van der Waals surface area contributed by atoms with E-state index in [0.29, 0.717) is 10.8 Å². The van der Waals surface area contributed by atoms with Gasteiger partial charge in [-0.1, -0.05) is 39.8 Å². The molecule has 10 atom stereocenters. The standard InChI is InChI=1S/C29H50O/c1-7-21(19(2)3)9-8-20(4)25-12-13-26-24-11-10-22-18-23(30)14-16-28(22,5)27(24)15-17-29(25,26)6/h20-27,30H,2,7-18H2,1,3-6H3/t20-,21-,22?,23+,24+,25-,26+,27+,28+,29-/m1/s1. The van der Waals surface area contributed by atoms with Crippen LogP contribution in [-0.2, 0) is 0 Å². The minimum Gasteiger partial charge on any atom is -0.393 e. The zero-order valence-corrected chi connectivity index (χ0v) is 20.8. The van der Waals surface area contributed by atoms with Crippen molar-refractivity contribution in [2.45, 2.75) is 118 Å². The molecule has 4 aliphatic rings. The van der Waals surface area contributed by atoms with Crippen molar-refractivity contribution in [1.82, 2.24) is 0 Å². The Morgan fingerprint density at radius 2 is 1.67 bits per heavy atom. The number of aliphatic hydroxyl groups excluding tert-OH is 1. The molecule has 30 heavy (non-hydrogen) atoms. The molecule has 172 valence electrons. The van der Waals surface area contributed by atoms with Gasteiger partial charge in [0.2, 0.25) is 0 Å². The predicted molar refractivity (Wildman–Crippen MR) is 128 cm³/mol. The summed E-state index contributed by atoms with van der Waals surface area (Å²) in [6, 6.07) is 0. The zero-order chi connectivity index (χ0) is 21.7. The van der Waals surface area contributed by atoms with Gasteiger partial charge in [0.1, 0.15) is 0 Å². The SMILES string of the molecule is C=C(C)[C@H](CC)CC[C@@H](C)[C@H]1CC[C@H]2[C@@H]3CCC4C[C@@H](O)CC[C@]4(C)[C@H]3CC[C@]12C. The summed E-state index contributed by atoms with van der Waals surface area (Å²) in [5.74, 6) is 6.18. The van der Waals surface area contributed by atoms with Crippen molar-refractivity contribution in [2.24, 2.45) is 52.3 Å². The first-order valence-electron chi connectivity index (χ1n) is 13.5. The van der Waals surface area contributed by atoms with E-state index in [1.165, 1.54) is 69.8 Å². The summed E-state index contributed by atoms with van der Waals surface area (Å²) in [4.78, 5) is 0. The van der Waals surface area contributed by atoms with Crippen molar-refractivity contribution in [3.05, 3.63) is 12.2 Å². The summed E-state index contributed by atoms with van der Waals surface area (Å²) in [5.41, 5.74) is 2.50. The van der Waals surface area contributed by atoms with Crippen LogP contribution in [0.2, 0.25) is 0 Å². The van der Waals surface area contributed by atoms with Crippen molar-refractivity contribution in [3.63, 3.8) is 0 Å². The van der Waals surface area contributed by atoms with Crippen molar-refractivity contribution < 1.29 is 5.11 Å². The van der Waals surface area contributed by atoms with E-state index in [1.807, 2.05) is 0 Å². The van der Waals surface area contributed by atoms with Gasteiger partial charge in [-0.05, 0) is 136 Å². The maximum Gasteiger partial charge on any atom is 0.0543 e. The fourth-order valence-corrected chi connectivity index (χ4v) is 9.67. The van der Waals surface area contributed by atoms with E-state index in [2.05, 4.69) is 41.2 Å². The molecule has 1 N–H and O–H groups in total. The molecule has 4 fully saturated rings. The molecule has 0 spiro atoms. The van der Waals surface area contributed by atoms with E-state index >= 15 is 0 Å². The van der Waals surface area contributed by atoms with Gasteiger partial charge in [-0.25, -0.2) is 0 Å². The number of hydrogen-bond donors (Lipinski definition) is 1. The molecule has 0 radical (unpaired) electrons. The highest BCUT2D eigenvalue weighted by Crippen LogP contribution is 2.68. The van der Waals surface area contributed by atoms with E-state index in [1.54, 1.807) is 0 Å². The minimum absolute atomic E-state index is 0.0173. The van der Waals surface area contributed by atoms with Crippen molar-refractivity contribution in [2.75, 3.05) is 0 Å². The fourth-order valence-electron chi connectivity index (χ4n) is 9.67. The van der Waals surface area contributed by atoms with Crippen LogP contribution in [0.15, 0.2) is 12.2 Å². The van der Waals surface area contributed by atoms with Gasteiger partial charge >= 0.3 is 0 Å². The number of aliphatic hydroxyl groups is 1. The van der Waals surface area contributed by atoms with Gasteiger partial charge in [-0.3, -0.25) is 0 Å². The quantitative estimate of drug-likeness (QED) is 0.436. The summed E-state index contributed by atoms with van der Waals surface area (Å²) in [5, 5.41) is 10.3. The molecule has 1 heteroatoms. The normalized spacial score (nSPS) is 47.7. The second-order valence-corrected chi connectivity index (χ2v) is 12.8.